The number of thioether (sulfide) groups is 1. The molecule has 3 N–H and O–H groups in total. The Hall–Kier alpha value is -1.11. The van der Waals surface area contributed by atoms with E-state index < -0.39 is 5.60 Å². The van der Waals surface area contributed by atoms with E-state index in [1.165, 1.54) is 0 Å². The molecule has 0 aliphatic heterocycles. The van der Waals surface area contributed by atoms with Crippen molar-refractivity contribution in [3.8, 4) is 5.75 Å². The van der Waals surface area contributed by atoms with E-state index in [1.807, 2.05) is 36.9 Å². The highest BCUT2D eigenvalue weighted by Gasteiger charge is 2.45. The van der Waals surface area contributed by atoms with Crippen LogP contribution in [0.2, 0.25) is 5.02 Å². The van der Waals surface area contributed by atoms with Gasteiger partial charge >= 0.3 is 0 Å². The number of benzene rings is 1. The van der Waals surface area contributed by atoms with E-state index in [4.69, 9.17) is 16.3 Å². The Bertz CT molecular complexity index is 614. The molecule has 1 saturated carbocycles. The topological polar surface area (TPSA) is 65.9 Å². The second kappa shape index (κ2) is 10.3. The molecule has 26 heavy (non-hydrogen) atoms. The first-order valence-corrected chi connectivity index (χ1v) is 10.6. The number of rotatable bonds is 9. The number of methoxy groups -OCH3 is 1. The van der Waals surface area contributed by atoms with Crippen molar-refractivity contribution >= 4 is 29.3 Å². The molecular weight excluding hydrogens is 370 g/mol. The third kappa shape index (κ3) is 5.69. The normalized spacial score (nSPS) is 22.7. The van der Waals surface area contributed by atoms with Crippen molar-refractivity contribution in [3.63, 3.8) is 0 Å². The lowest BCUT2D eigenvalue weighted by Gasteiger charge is -2.44. The standard InChI is InChI=1S/C19H30ClN3O2S/c1-4-21-18(23-13-19(24)10-8-17(19)26-5-2)22-11-9-14-6-7-15(25-3)12-16(14)20/h6-7,12,17,24H,4-5,8-11,13H2,1-3H3,(H2,21,22,23). The van der Waals surface area contributed by atoms with Gasteiger partial charge in [-0.05, 0) is 49.6 Å². The van der Waals surface area contributed by atoms with Crippen LogP contribution in [0.1, 0.15) is 32.3 Å². The van der Waals surface area contributed by atoms with E-state index >= 15 is 0 Å². The number of nitrogens with zero attached hydrogens (tertiary/aromatic N) is 1. The molecule has 0 saturated heterocycles. The van der Waals surface area contributed by atoms with Gasteiger partial charge in [0, 0.05) is 23.4 Å². The zero-order chi connectivity index (χ0) is 19.0. The molecule has 5 nitrogen and oxygen atoms in total. The van der Waals surface area contributed by atoms with Gasteiger partial charge in [0.05, 0.1) is 19.3 Å². The molecule has 1 aromatic carbocycles. The largest absolute Gasteiger partial charge is 0.497 e. The van der Waals surface area contributed by atoms with Crippen LogP contribution in [0.4, 0.5) is 0 Å². The average molecular weight is 400 g/mol. The lowest BCUT2D eigenvalue weighted by Crippen LogP contribution is -2.53. The summed E-state index contributed by atoms with van der Waals surface area (Å²) in [7, 11) is 1.63. The molecule has 7 heteroatoms. The van der Waals surface area contributed by atoms with Gasteiger partial charge in [0.2, 0.25) is 0 Å². The summed E-state index contributed by atoms with van der Waals surface area (Å²) in [5.41, 5.74) is 0.398. The number of hydrogen-bond acceptors (Lipinski definition) is 4. The van der Waals surface area contributed by atoms with Crippen molar-refractivity contribution in [2.75, 3.05) is 32.5 Å². The van der Waals surface area contributed by atoms with Crippen molar-refractivity contribution in [3.05, 3.63) is 28.8 Å². The number of nitrogens with one attached hydrogen (secondary N) is 2. The number of aliphatic hydroxyl groups is 1. The van der Waals surface area contributed by atoms with E-state index in [0.717, 1.165) is 48.8 Å². The van der Waals surface area contributed by atoms with Crippen molar-refractivity contribution in [2.45, 2.75) is 44.0 Å². The lowest BCUT2D eigenvalue weighted by atomic mass is 9.79. The summed E-state index contributed by atoms with van der Waals surface area (Å²) in [6, 6.07) is 5.72. The fraction of sp³-hybridized carbons (Fsp3) is 0.632. The van der Waals surface area contributed by atoms with Gasteiger partial charge in [-0.1, -0.05) is 24.6 Å². The molecule has 0 aromatic heterocycles. The maximum absolute atomic E-state index is 10.7. The van der Waals surface area contributed by atoms with Gasteiger partial charge in [-0.25, -0.2) is 0 Å². The monoisotopic (exact) mass is 399 g/mol. The highest BCUT2D eigenvalue weighted by atomic mass is 35.5. The number of hydrogen-bond donors (Lipinski definition) is 3. The maximum atomic E-state index is 10.7. The van der Waals surface area contributed by atoms with Crippen LogP contribution in [0.3, 0.4) is 0 Å². The number of guanidine groups is 1. The van der Waals surface area contributed by atoms with E-state index in [-0.39, 0.29) is 0 Å². The van der Waals surface area contributed by atoms with Gasteiger partial charge < -0.3 is 20.5 Å². The van der Waals surface area contributed by atoms with Gasteiger partial charge in [-0.3, -0.25) is 4.99 Å². The highest BCUT2D eigenvalue weighted by molar-refractivity contribution is 8.00. The van der Waals surface area contributed by atoms with Crippen molar-refractivity contribution in [2.24, 2.45) is 4.99 Å². The fourth-order valence-electron chi connectivity index (χ4n) is 2.95. The molecule has 0 amide bonds. The summed E-state index contributed by atoms with van der Waals surface area (Å²) in [4.78, 5) is 4.60. The first-order chi connectivity index (χ1) is 12.5. The molecule has 146 valence electrons. The quantitative estimate of drug-likeness (QED) is 0.440. The Kier molecular flexibility index (Phi) is 8.38. The molecule has 1 aliphatic rings. The fourth-order valence-corrected chi connectivity index (χ4v) is 4.40. The molecule has 0 bridgehead atoms. The highest BCUT2D eigenvalue weighted by Crippen LogP contribution is 2.41. The van der Waals surface area contributed by atoms with Gasteiger partial charge in [0.15, 0.2) is 5.96 Å². The second-order valence-corrected chi connectivity index (χ2v) is 8.30. The summed E-state index contributed by atoms with van der Waals surface area (Å²) < 4.78 is 5.18. The zero-order valence-electron chi connectivity index (χ0n) is 15.8. The van der Waals surface area contributed by atoms with Gasteiger partial charge in [0.1, 0.15) is 5.75 Å². The molecule has 1 fully saturated rings. The SMILES string of the molecule is CCNC(=NCC1(O)CCC1SCC)NCCc1ccc(OC)cc1Cl. The Morgan fingerprint density at radius 2 is 2.23 bits per heavy atom. The van der Waals surface area contributed by atoms with Crippen molar-refractivity contribution in [1.29, 1.82) is 0 Å². The Morgan fingerprint density at radius 3 is 2.81 bits per heavy atom. The lowest BCUT2D eigenvalue weighted by molar-refractivity contribution is -0.0154. The first kappa shape index (κ1) is 21.2. The van der Waals surface area contributed by atoms with E-state index in [2.05, 4.69) is 22.5 Å². The molecule has 0 radical (unpaired) electrons. The number of aliphatic imine (C=N–C) groups is 1. The zero-order valence-corrected chi connectivity index (χ0v) is 17.4. The minimum atomic E-state index is -0.664. The Balaban J connectivity index is 1.87. The summed E-state index contributed by atoms with van der Waals surface area (Å²) in [5.74, 6) is 2.52. The van der Waals surface area contributed by atoms with Crippen LogP contribution in [0, 0.1) is 0 Å². The molecule has 1 aliphatic carbocycles. The predicted octanol–water partition coefficient (Wildman–Crippen LogP) is 3.09. The van der Waals surface area contributed by atoms with E-state index in [1.54, 1.807) is 7.11 Å². The van der Waals surface area contributed by atoms with Crippen LogP contribution >= 0.6 is 23.4 Å². The molecule has 2 rings (SSSR count). The van der Waals surface area contributed by atoms with E-state index in [0.29, 0.717) is 23.4 Å². The minimum absolute atomic E-state index is 0.303. The van der Waals surface area contributed by atoms with Crippen molar-refractivity contribution < 1.29 is 9.84 Å². The summed E-state index contributed by atoms with van der Waals surface area (Å²) in [5, 5.41) is 18.3. The summed E-state index contributed by atoms with van der Waals surface area (Å²) in [6.07, 6.45) is 2.69. The minimum Gasteiger partial charge on any atom is -0.497 e. The first-order valence-electron chi connectivity index (χ1n) is 9.21. The molecule has 2 atom stereocenters. The molecule has 0 heterocycles. The predicted molar refractivity (Wildman–Crippen MR) is 112 cm³/mol. The van der Waals surface area contributed by atoms with Crippen LogP contribution < -0.4 is 15.4 Å². The number of halogens is 1. The van der Waals surface area contributed by atoms with Crippen molar-refractivity contribution in [1.82, 2.24) is 10.6 Å². The Labute approximate surface area is 165 Å². The van der Waals surface area contributed by atoms with E-state index in [9.17, 15) is 5.11 Å². The van der Waals surface area contributed by atoms with Gasteiger partial charge in [0.25, 0.3) is 0 Å². The molecular formula is C19H30ClN3O2S. The van der Waals surface area contributed by atoms with Crippen LogP contribution in [-0.4, -0.2) is 54.4 Å². The number of ether oxygens (including phenoxy) is 1. The third-order valence-corrected chi connectivity index (χ3v) is 6.37. The van der Waals surface area contributed by atoms with Gasteiger partial charge in [-0.2, -0.15) is 11.8 Å². The summed E-state index contributed by atoms with van der Waals surface area (Å²) in [6.45, 7) is 6.08. The van der Waals surface area contributed by atoms with Crippen LogP contribution in [0.25, 0.3) is 0 Å². The Morgan fingerprint density at radius 1 is 1.42 bits per heavy atom. The molecule has 1 aromatic rings. The maximum Gasteiger partial charge on any atom is 0.191 e. The van der Waals surface area contributed by atoms with Crippen LogP contribution in [0.5, 0.6) is 5.75 Å². The van der Waals surface area contributed by atoms with Crippen LogP contribution in [0.15, 0.2) is 23.2 Å². The van der Waals surface area contributed by atoms with Gasteiger partial charge in [-0.15, -0.1) is 0 Å². The molecule has 0 spiro atoms. The average Bonchev–Trinajstić information content (AvgIpc) is 2.64. The third-order valence-electron chi connectivity index (χ3n) is 4.61. The van der Waals surface area contributed by atoms with Crippen LogP contribution in [-0.2, 0) is 6.42 Å². The summed E-state index contributed by atoms with van der Waals surface area (Å²) >= 11 is 8.11. The smallest absolute Gasteiger partial charge is 0.191 e. The molecule has 2 unspecified atom stereocenters. The second-order valence-electron chi connectivity index (χ2n) is 6.42.